The standard InChI is InChI=1S/C26H21NO6/c1-2-30-26(29)24-21(22-23(33-24)18-11-4-6-13-20(18)32-25(22)28)17-10-3-5-12-19(17)31-15-16-9-7-8-14-27-16/h3-14,21,24H,2,15H2,1H3. The summed E-state index contributed by atoms with van der Waals surface area (Å²) in [5.74, 6) is -0.447. The van der Waals surface area contributed by atoms with Crippen molar-refractivity contribution in [3.63, 3.8) is 0 Å². The Morgan fingerprint density at radius 1 is 1.03 bits per heavy atom. The third-order valence-corrected chi connectivity index (χ3v) is 5.53. The molecule has 0 saturated carbocycles. The van der Waals surface area contributed by atoms with Crippen LogP contribution >= 0.6 is 0 Å². The second-order valence-electron chi connectivity index (χ2n) is 7.54. The van der Waals surface area contributed by atoms with Gasteiger partial charge < -0.3 is 18.6 Å². The summed E-state index contributed by atoms with van der Waals surface area (Å²) in [6, 6.07) is 19.9. The molecule has 0 N–H and O–H groups in total. The number of pyridine rings is 1. The first-order valence-corrected chi connectivity index (χ1v) is 10.7. The molecular weight excluding hydrogens is 422 g/mol. The van der Waals surface area contributed by atoms with Crippen LogP contribution in [0.5, 0.6) is 11.5 Å². The predicted molar refractivity (Wildman–Crippen MR) is 120 cm³/mol. The van der Waals surface area contributed by atoms with Crippen molar-refractivity contribution in [3.05, 3.63) is 100 Å². The molecule has 166 valence electrons. The van der Waals surface area contributed by atoms with Crippen molar-refractivity contribution in [1.82, 2.24) is 4.98 Å². The zero-order valence-corrected chi connectivity index (χ0v) is 17.9. The van der Waals surface area contributed by atoms with E-state index in [1.807, 2.05) is 42.5 Å². The van der Waals surface area contributed by atoms with Crippen LogP contribution in [0.2, 0.25) is 0 Å². The van der Waals surface area contributed by atoms with E-state index in [0.29, 0.717) is 28.0 Å². The Morgan fingerprint density at radius 3 is 2.64 bits per heavy atom. The molecule has 7 heteroatoms. The number of aromatic nitrogens is 1. The molecule has 0 spiro atoms. The lowest BCUT2D eigenvalue weighted by Crippen LogP contribution is -2.32. The van der Waals surface area contributed by atoms with Gasteiger partial charge in [-0.3, -0.25) is 4.98 Å². The number of carbonyl (C=O) groups excluding carboxylic acids is 1. The number of benzene rings is 2. The maximum absolute atomic E-state index is 13.1. The van der Waals surface area contributed by atoms with Crippen LogP contribution in [0, 0.1) is 0 Å². The molecule has 0 amide bonds. The average molecular weight is 443 g/mol. The number of ether oxygens (including phenoxy) is 3. The molecule has 1 aliphatic rings. The smallest absolute Gasteiger partial charge is 0.348 e. The second kappa shape index (κ2) is 8.78. The van der Waals surface area contributed by atoms with Crippen molar-refractivity contribution in [3.8, 4) is 11.5 Å². The summed E-state index contributed by atoms with van der Waals surface area (Å²) < 4.78 is 23.0. The number of carbonyl (C=O) groups is 1. The minimum atomic E-state index is -1.05. The van der Waals surface area contributed by atoms with E-state index in [0.717, 1.165) is 5.69 Å². The quantitative estimate of drug-likeness (QED) is 0.326. The summed E-state index contributed by atoms with van der Waals surface area (Å²) in [6.45, 7) is 2.15. The Hall–Kier alpha value is -4.13. The van der Waals surface area contributed by atoms with Crippen LogP contribution in [0.3, 0.4) is 0 Å². The number of hydrogen-bond donors (Lipinski definition) is 0. The van der Waals surface area contributed by atoms with Crippen LogP contribution in [0.15, 0.2) is 82.1 Å². The van der Waals surface area contributed by atoms with E-state index < -0.39 is 23.6 Å². The zero-order chi connectivity index (χ0) is 22.8. The van der Waals surface area contributed by atoms with E-state index in [1.165, 1.54) is 0 Å². The Labute approximate surface area is 189 Å². The highest BCUT2D eigenvalue weighted by molar-refractivity contribution is 5.88. The third-order valence-electron chi connectivity index (χ3n) is 5.53. The fourth-order valence-electron chi connectivity index (χ4n) is 4.11. The largest absolute Gasteiger partial charge is 0.487 e. The topological polar surface area (TPSA) is 87.9 Å². The maximum atomic E-state index is 13.1. The molecule has 33 heavy (non-hydrogen) atoms. The summed E-state index contributed by atoms with van der Waals surface area (Å²) in [6.07, 6.45) is 0.645. The fourth-order valence-corrected chi connectivity index (χ4v) is 4.11. The van der Waals surface area contributed by atoms with Crippen LogP contribution in [0.4, 0.5) is 0 Å². The Morgan fingerprint density at radius 2 is 1.82 bits per heavy atom. The normalized spacial score (nSPS) is 16.8. The van der Waals surface area contributed by atoms with Gasteiger partial charge in [0.15, 0.2) is 0 Å². The van der Waals surface area contributed by atoms with E-state index in [-0.39, 0.29) is 18.8 Å². The molecule has 0 fully saturated rings. The lowest BCUT2D eigenvalue weighted by Gasteiger charge is -2.20. The molecule has 2 unspecified atom stereocenters. The minimum absolute atomic E-state index is 0.189. The van der Waals surface area contributed by atoms with Gasteiger partial charge in [-0.1, -0.05) is 36.4 Å². The van der Waals surface area contributed by atoms with Gasteiger partial charge >= 0.3 is 11.6 Å². The zero-order valence-electron chi connectivity index (χ0n) is 17.9. The molecule has 0 saturated heterocycles. The summed E-state index contributed by atoms with van der Waals surface area (Å²) in [7, 11) is 0. The van der Waals surface area contributed by atoms with Crippen LogP contribution in [-0.4, -0.2) is 23.7 Å². The molecule has 0 aliphatic carbocycles. The van der Waals surface area contributed by atoms with Crippen molar-refractivity contribution in [2.45, 2.75) is 25.6 Å². The average Bonchev–Trinajstić information content (AvgIpc) is 3.25. The lowest BCUT2D eigenvalue weighted by molar-refractivity contribution is -0.151. The first-order chi connectivity index (χ1) is 16.2. The minimum Gasteiger partial charge on any atom is -0.487 e. The van der Waals surface area contributed by atoms with Gasteiger partial charge in [0, 0.05) is 11.8 Å². The van der Waals surface area contributed by atoms with Gasteiger partial charge in [0.25, 0.3) is 0 Å². The molecule has 2 atom stereocenters. The molecule has 7 nitrogen and oxygen atoms in total. The molecule has 4 aromatic rings. The number of hydrogen-bond acceptors (Lipinski definition) is 7. The number of rotatable bonds is 6. The highest BCUT2D eigenvalue weighted by Crippen LogP contribution is 2.46. The van der Waals surface area contributed by atoms with Gasteiger partial charge in [-0.05, 0) is 37.3 Å². The summed E-state index contributed by atoms with van der Waals surface area (Å²) in [4.78, 5) is 30.3. The molecule has 1 aliphatic heterocycles. The van der Waals surface area contributed by atoms with Crippen molar-refractivity contribution in [1.29, 1.82) is 0 Å². The van der Waals surface area contributed by atoms with Crippen LogP contribution in [0.1, 0.15) is 29.7 Å². The van der Waals surface area contributed by atoms with Gasteiger partial charge in [0.05, 0.1) is 29.2 Å². The number of nitrogens with zero attached hydrogens (tertiary/aromatic N) is 1. The highest BCUT2D eigenvalue weighted by atomic mass is 16.6. The first kappa shape index (κ1) is 20.8. The van der Waals surface area contributed by atoms with E-state index >= 15 is 0 Å². The molecular formula is C26H21NO6. The van der Waals surface area contributed by atoms with Crippen molar-refractivity contribution in [2.24, 2.45) is 0 Å². The van der Waals surface area contributed by atoms with Crippen molar-refractivity contribution in [2.75, 3.05) is 6.61 Å². The SMILES string of the molecule is CCOC(=O)C1Oc2c(c(=O)oc3ccccc23)C1c1ccccc1OCc1ccccn1. The van der Waals surface area contributed by atoms with E-state index in [9.17, 15) is 9.59 Å². The van der Waals surface area contributed by atoms with Gasteiger partial charge in [-0.2, -0.15) is 0 Å². The third kappa shape index (κ3) is 3.82. The molecule has 3 heterocycles. The summed E-state index contributed by atoms with van der Waals surface area (Å²) in [5.41, 5.74) is 1.50. The molecule has 0 radical (unpaired) electrons. The van der Waals surface area contributed by atoms with Crippen molar-refractivity contribution < 1.29 is 23.4 Å². The highest BCUT2D eigenvalue weighted by Gasteiger charge is 2.46. The van der Waals surface area contributed by atoms with E-state index in [1.54, 1.807) is 37.4 Å². The van der Waals surface area contributed by atoms with E-state index in [4.69, 9.17) is 18.6 Å². The molecule has 0 bridgehead atoms. The fraction of sp³-hybridized carbons (Fsp3) is 0.192. The second-order valence-corrected chi connectivity index (χ2v) is 7.54. The van der Waals surface area contributed by atoms with Crippen LogP contribution < -0.4 is 15.1 Å². The first-order valence-electron chi connectivity index (χ1n) is 10.7. The Bertz CT molecular complexity index is 1360. The number of fused-ring (bicyclic) bond motifs is 3. The van der Waals surface area contributed by atoms with Gasteiger partial charge in [-0.15, -0.1) is 0 Å². The number of para-hydroxylation sites is 2. The Balaban J connectivity index is 1.63. The van der Waals surface area contributed by atoms with Gasteiger partial charge in [0.2, 0.25) is 6.10 Å². The lowest BCUT2D eigenvalue weighted by atomic mass is 9.88. The summed E-state index contributed by atoms with van der Waals surface area (Å²) >= 11 is 0. The maximum Gasteiger partial charge on any atom is 0.348 e. The van der Waals surface area contributed by atoms with Gasteiger partial charge in [-0.25, -0.2) is 9.59 Å². The number of esters is 1. The Kier molecular flexibility index (Phi) is 5.52. The molecule has 2 aromatic heterocycles. The van der Waals surface area contributed by atoms with Gasteiger partial charge in [0.1, 0.15) is 23.7 Å². The van der Waals surface area contributed by atoms with E-state index in [2.05, 4.69) is 4.98 Å². The monoisotopic (exact) mass is 443 g/mol. The predicted octanol–water partition coefficient (Wildman–Crippen LogP) is 4.22. The molecule has 2 aromatic carbocycles. The molecule has 5 rings (SSSR count). The summed E-state index contributed by atoms with van der Waals surface area (Å²) in [5, 5.41) is 0.621. The van der Waals surface area contributed by atoms with Crippen LogP contribution in [0.25, 0.3) is 11.0 Å². The van der Waals surface area contributed by atoms with Crippen LogP contribution in [-0.2, 0) is 16.1 Å². The van der Waals surface area contributed by atoms with Crippen molar-refractivity contribution >= 4 is 16.9 Å².